The Balaban J connectivity index is 2.71. The monoisotopic (exact) mass is 331 g/mol. The molecule has 0 heterocycles. The number of carboxylic acid groups (broad SMARTS) is 1. The molecule has 0 aliphatic heterocycles. The van der Waals surface area contributed by atoms with Crippen LogP contribution in [0.5, 0.6) is 0 Å². The van der Waals surface area contributed by atoms with Crippen LogP contribution in [0.2, 0.25) is 5.02 Å². The maximum Gasteiger partial charge on any atom is 0.326 e. The van der Waals surface area contributed by atoms with Crippen LogP contribution in [0, 0.1) is 5.82 Å². The smallest absolute Gasteiger partial charge is 0.326 e. The van der Waals surface area contributed by atoms with Gasteiger partial charge in [-0.3, -0.25) is 4.79 Å². The summed E-state index contributed by atoms with van der Waals surface area (Å²) >= 11 is 7.31. The first kappa shape index (κ1) is 17.5. The van der Waals surface area contributed by atoms with Crippen molar-refractivity contribution in [2.45, 2.75) is 12.5 Å². The van der Waals surface area contributed by atoms with Gasteiger partial charge in [-0.05, 0) is 36.6 Å². The molecule has 1 amide bonds. The molecule has 1 aromatic carbocycles. The van der Waals surface area contributed by atoms with Crippen molar-refractivity contribution in [3.8, 4) is 0 Å². The SMILES string of the molecule is CSCC[C@H](NC(=O)/C=C/c1c(F)cccc1Cl)C(=O)O. The third-order valence-corrected chi connectivity index (χ3v) is 3.60. The van der Waals surface area contributed by atoms with Gasteiger partial charge in [0.25, 0.3) is 0 Å². The van der Waals surface area contributed by atoms with Crippen molar-refractivity contribution in [2.24, 2.45) is 0 Å². The molecule has 0 aromatic heterocycles. The maximum absolute atomic E-state index is 13.5. The van der Waals surface area contributed by atoms with Crippen molar-refractivity contribution < 1.29 is 19.1 Å². The van der Waals surface area contributed by atoms with Crippen molar-refractivity contribution >= 4 is 41.3 Å². The second-order valence-electron chi connectivity index (χ2n) is 4.15. The molecule has 0 saturated carbocycles. The summed E-state index contributed by atoms with van der Waals surface area (Å²) in [5.74, 6) is -1.65. The second kappa shape index (κ2) is 8.69. The van der Waals surface area contributed by atoms with Crippen molar-refractivity contribution in [2.75, 3.05) is 12.0 Å². The molecule has 4 nitrogen and oxygen atoms in total. The normalized spacial score (nSPS) is 12.3. The van der Waals surface area contributed by atoms with Gasteiger partial charge in [0, 0.05) is 11.6 Å². The Morgan fingerprint density at radius 2 is 2.24 bits per heavy atom. The van der Waals surface area contributed by atoms with E-state index in [1.54, 1.807) is 0 Å². The van der Waals surface area contributed by atoms with E-state index in [2.05, 4.69) is 5.32 Å². The Kier molecular flexibility index (Phi) is 7.25. The van der Waals surface area contributed by atoms with Crippen LogP contribution in [0.3, 0.4) is 0 Å². The number of hydrogen-bond donors (Lipinski definition) is 2. The zero-order valence-corrected chi connectivity index (χ0v) is 12.9. The fourth-order valence-electron chi connectivity index (χ4n) is 1.54. The highest BCUT2D eigenvalue weighted by molar-refractivity contribution is 7.98. The second-order valence-corrected chi connectivity index (χ2v) is 5.54. The minimum Gasteiger partial charge on any atom is -0.480 e. The maximum atomic E-state index is 13.5. The molecule has 0 fully saturated rings. The van der Waals surface area contributed by atoms with E-state index in [1.165, 1.54) is 36.0 Å². The first-order chi connectivity index (χ1) is 9.95. The molecular weight excluding hydrogens is 317 g/mol. The molecule has 0 aliphatic carbocycles. The molecule has 21 heavy (non-hydrogen) atoms. The van der Waals surface area contributed by atoms with Gasteiger partial charge in [-0.2, -0.15) is 11.8 Å². The number of carboxylic acids is 1. The van der Waals surface area contributed by atoms with E-state index in [-0.39, 0.29) is 10.6 Å². The molecule has 0 spiro atoms. The van der Waals surface area contributed by atoms with E-state index in [0.717, 1.165) is 6.08 Å². The Bertz CT molecular complexity index is 531. The summed E-state index contributed by atoms with van der Waals surface area (Å²) in [5.41, 5.74) is 0.0882. The molecular formula is C14H15ClFNO3S. The van der Waals surface area contributed by atoms with Crippen LogP contribution in [-0.4, -0.2) is 35.0 Å². The van der Waals surface area contributed by atoms with Crippen LogP contribution in [0.25, 0.3) is 6.08 Å². The zero-order chi connectivity index (χ0) is 15.8. The summed E-state index contributed by atoms with van der Waals surface area (Å²) in [6, 6.07) is 3.21. The highest BCUT2D eigenvalue weighted by Gasteiger charge is 2.18. The number of aliphatic carboxylic acids is 1. The Morgan fingerprint density at radius 3 is 2.81 bits per heavy atom. The van der Waals surface area contributed by atoms with Crippen LogP contribution >= 0.6 is 23.4 Å². The van der Waals surface area contributed by atoms with Gasteiger partial charge < -0.3 is 10.4 Å². The van der Waals surface area contributed by atoms with E-state index in [0.29, 0.717) is 12.2 Å². The fraction of sp³-hybridized carbons (Fsp3) is 0.286. The molecule has 0 saturated heterocycles. The minimum absolute atomic E-state index is 0.0882. The van der Waals surface area contributed by atoms with Gasteiger partial charge in [0.15, 0.2) is 0 Å². The zero-order valence-electron chi connectivity index (χ0n) is 11.3. The summed E-state index contributed by atoms with van der Waals surface area (Å²) in [6.07, 6.45) is 4.46. The number of halogens is 2. The Labute approximate surface area is 131 Å². The molecule has 114 valence electrons. The van der Waals surface area contributed by atoms with Gasteiger partial charge in [-0.1, -0.05) is 17.7 Å². The standard InChI is InChI=1S/C14H15ClFNO3S/c1-21-8-7-12(14(19)20)17-13(18)6-5-9-10(15)3-2-4-11(9)16/h2-6,12H,7-8H2,1H3,(H,17,18)(H,19,20)/b6-5+/t12-/m0/s1. The van der Waals surface area contributed by atoms with Crippen LogP contribution in [0.4, 0.5) is 4.39 Å². The first-order valence-corrected chi connectivity index (χ1v) is 7.87. The van der Waals surface area contributed by atoms with Gasteiger partial charge in [-0.15, -0.1) is 0 Å². The third-order valence-electron chi connectivity index (χ3n) is 2.63. The number of thioether (sulfide) groups is 1. The predicted octanol–water partition coefficient (Wildman–Crippen LogP) is 2.81. The molecule has 1 aromatic rings. The van der Waals surface area contributed by atoms with Gasteiger partial charge in [0.05, 0.1) is 5.02 Å². The molecule has 0 unspecified atom stereocenters. The van der Waals surface area contributed by atoms with E-state index < -0.39 is 23.7 Å². The van der Waals surface area contributed by atoms with E-state index >= 15 is 0 Å². The van der Waals surface area contributed by atoms with Gasteiger partial charge >= 0.3 is 5.97 Å². The van der Waals surface area contributed by atoms with Crippen molar-refractivity contribution in [1.82, 2.24) is 5.32 Å². The van der Waals surface area contributed by atoms with Crippen molar-refractivity contribution in [1.29, 1.82) is 0 Å². The lowest BCUT2D eigenvalue weighted by Crippen LogP contribution is -2.40. The Hall–Kier alpha value is -1.53. The molecule has 0 aliphatic rings. The molecule has 2 N–H and O–H groups in total. The predicted molar refractivity (Wildman–Crippen MR) is 83.0 cm³/mol. The largest absolute Gasteiger partial charge is 0.480 e. The quantitative estimate of drug-likeness (QED) is 0.754. The lowest BCUT2D eigenvalue weighted by molar-refractivity contribution is -0.141. The van der Waals surface area contributed by atoms with Crippen LogP contribution in [-0.2, 0) is 9.59 Å². The summed E-state index contributed by atoms with van der Waals surface area (Å²) < 4.78 is 13.5. The summed E-state index contributed by atoms with van der Waals surface area (Å²) in [6.45, 7) is 0. The molecule has 1 atom stereocenters. The average molecular weight is 332 g/mol. The molecule has 1 rings (SSSR count). The number of carbonyl (C=O) groups is 2. The summed E-state index contributed by atoms with van der Waals surface area (Å²) in [4.78, 5) is 22.7. The number of carbonyl (C=O) groups excluding carboxylic acids is 1. The van der Waals surface area contributed by atoms with Crippen LogP contribution in [0.15, 0.2) is 24.3 Å². The number of nitrogens with one attached hydrogen (secondary N) is 1. The summed E-state index contributed by atoms with van der Waals surface area (Å²) in [7, 11) is 0. The van der Waals surface area contributed by atoms with Gasteiger partial charge in [-0.25, -0.2) is 9.18 Å². The van der Waals surface area contributed by atoms with E-state index in [1.807, 2.05) is 6.26 Å². The van der Waals surface area contributed by atoms with Crippen molar-refractivity contribution in [3.63, 3.8) is 0 Å². The lowest BCUT2D eigenvalue weighted by Gasteiger charge is -2.12. The summed E-state index contributed by atoms with van der Waals surface area (Å²) in [5, 5.41) is 11.5. The molecule has 0 bridgehead atoms. The average Bonchev–Trinajstić information content (AvgIpc) is 2.42. The van der Waals surface area contributed by atoms with Gasteiger partial charge in [0.1, 0.15) is 11.9 Å². The minimum atomic E-state index is -1.10. The van der Waals surface area contributed by atoms with E-state index in [9.17, 15) is 14.0 Å². The number of benzene rings is 1. The Morgan fingerprint density at radius 1 is 1.52 bits per heavy atom. The number of rotatable bonds is 7. The number of amides is 1. The molecule has 7 heteroatoms. The highest BCUT2D eigenvalue weighted by atomic mass is 35.5. The molecule has 0 radical (unpaired) electrons. The van der Waals surface area contributed by atoms with Crippen LogP contribution in [0.1, 0.15) is 12.0 Å². The lowest BCUT2D eigenvalue weighted by atomic mass is 10.2. The fourth-order valence-corrected chi connectivity index (χ4v) is 2.24. The number of hydrogen-bond acceptors (Lipinski definition) is 3. The van der Waals surface area contributed by atoms with Gasteiger partial charge in [0.2, 0.25) is 5.91 Å². The van der Waals surface area contributed by atoms with E-state index in [4.69, 9.17) is 16.7 Å². The van der Waals surface area contributed by atoms with Crippen molar-refractivity contribution in [3.05, 3.63) is 40.7 Å². The third kappa shape index (κ3) is 5.77. The van der Waals surface area contributed by atoms with Crippen LogP contribution < -0.4 is 5.32 Å². The topological polar surface area (TPSA) is 66.4 Å². The highest BCUT2D eigenvalue weighted by Crippen LogP contribution is 2.20. The first-order valence-electron chi connectivity index (χ1n) is 6.10.